The first-order chi connectivity index (χ1) is 10.1. The van der Waals surface area contributed by atoms with E-state index >= 15 is 0 Å². The molecule has 0 saturated carbocycles. The molecular formula is C16H31N3O2. The maximum absolute atomic E-state index is 12.1. The molecule has 1 atom stereocenters. The molecule has 1 heterocycles. The Morgan fingerprint density at radius 1 is 1.24 bits per heavy atom. The molecule has 2 amide bonds. The maximum Gasteiger partial charge on any atom is 0.236 e. The predicted octanol–water partition coefficient (Wildman–Crippen LogP) is 1.53. The average molecular weight is 297 g/mol. The van der Waals surface area contributed by atoms with E-state index in [-0.39, 0.29) is 17.7 Å². The highest BCUT2D eigenvalue weighted by Gasteiger charge is 2.26. The van der Waals surface area contributed by atoms with Gasteiger partial charge < -0.3 is 15.5 Å². The summed E-state index contributed by atoms with van der Waals surface area (Å²) in [4.78, 5) is 25.9. The van der Waals surface area contributed by atoms with E-state index in [1.165, 1.54) is 0 Å². The highest BCUT2D eigenvalue weighted by atomic mass is 16.2. The molecule has 0 bridgehead atoms. The van der Waals surface area contributed by atoms with Gasteiger partial charge in [-0.05, 0) is 32.6 Å². The first-order valence-corrected chi connectivity index (χ1v) is 8.37. The lowest BCUT2D eigenvalue weighted by Gasteiger charge is -2.31. The monoisotopic (exact) mass is 297 g/mol. The van der Waals surface area contributed by atoms with E-state index in [2.05, 4.69) is 31.4 Å². The molecule has 0 radical (unpaired) electrons. The van der Waals surface area contributed by atoms with Gasteiger partial charge in [-0.2, -0.15) is 0 Å². The molecule has 2 N–H and O–H groups in total. The van der Waals surface area contributed by atoms with Crippen LogP contribution in [0, 0.1) is 5.92 Å². The number of nitrogens with one attached hydrogen (secondary N) is 2. The van der Waals surface area contributed by atoms with E-state index in [4.69, 9.17) is 0 Å². The summed E-state index contributed by atoms with van der Waals surface area (Å²) in [5, 5.41) is 6.22. The van der Waals surface area contributed by atoms with Crippen LogP contribution in [0.4, 0.5) is 0 Å². The van der Waals surface area contributed by atoms with Crippen molar-refractivity contribution >= 4 is 11.8 Å². The summed E-state index contributed by atoms with van der Waals surface area (Å²) in [6.07, 6.45) is 4.72. The topological polar surface area (TPSA) is 61.4 Å². The van der Waals surface area contributed by atoms with Crippen molar-refractivity contribution < 1.29 is 9.59 Å². The minimum absolute atomic E-state index is 0.0773. The number of carbonyl (C=O) groups excluding carboxylic acids is 2. The van der Waals surface area contributed by atoms with Crippen molar-refractivity contribution in [3.8, 4) is 0 Å². The van der Waals surface area contributed by atoms with Crippen LogP contribution in [0.5, 0.6) is 0 Å². The van der Waals surface area contributed by atoms with Crippen LogP contribution in [-0.2, 0) is 9.59 Å². The van der Waals surface area contributed by atoms with E-state index < -0.39 is 0 Å². The molecule has 0 spiro atoms. The fourth-order valence-corrected chi connectivity index (χ4v) is 2.44. The molecule has 5 heteroatoms. The van der Waals surface area contributed by atoms with Gasteiger partial charge in [0.25, 0.3) is 0 Å². The van der Waals surface area contributed by atoms with E-state index in [1.807, 2.05) is 4.90 Å². The van der Waals surface area contributed by atoms with Crippen LogP contribution in [-0.4, -0.2) is 48.9 Å². The average Bonchev–Trinajstić information content (AvgIpc) is 2.52. The first-order valence-electron chi connectivity index (χ1n) is 8.37. The highest BCUT2D eigenvalue weighted by molar-refractivity contribution is 5.80. The number of carbonyl (C=O) groups is 2. The highest BCUT2D eigenvalue weighted by Crippen LogP contribution is 2.17. The standard InChI is InChI=1S/C16H31N3O2/c1-4-6-9-17-16(21)14-7-10-19(11-8-14)15(20)12-18-13(3)5-2/h13-14,18H,4-12H2,1-3H3,(H,17,21). The van der Waals surface area contributed by atoms with Crippen LogP contribution in [0.2, 0.25) is 0 Å². The minimum atomic E-state index is 0.0773. The smallest absolute Gasteiger partial charge is 0.236 e. The molecule has 5 nitrogen and oxygen atoms in total. The number of hydrogen-bond acceptors (Lipinski definition) is 3. The van der Waals surface area contributed by atoms with Gasteiger partial charge in [0.1, 0.15) is 0 Å². The zero-order valence-corrected chi connectivity index (χ0v) is 13.8. The number of piperidine rings is 1. The zero-order chi connectivity index (χ0) is 15.7. The number of amides is 2. The number of rotatable bonds is 8. The van der Waals surface area contributed by atoms with Gasteiger partial charge in [0.2, 0.25) is 11.8 Å². The third-order valence-electron chi connectivity index (χ3n) is 4.26. The summed E-state index contributed by atoms with van der Waals surface area (Å²) in [7, 11) is 0. The molecule has 1 fully saturated rings. The molecule has 122 valence electrons. The van der Waals surface area contributed by atoms with Crippen molar-refractivity contribution in [1.29, 1.82) is 0 Å². The van der Waals surface area contributed by atoms with Gasteiger partial charge >= 0.3 is 0 Å². The number of unbranched alkanes of at least 4 members (excludes halogenated alkanes) is 1. The van der Waals surface area contributed by atoms with Crippen molar-refractivity contribution in [3.05, 3.63) is 0 Å². The zero-order valence-electron chi connectivity index (χ0n) is 13.8. The second-order valence-corrected chi connectivity index (χ2v) is 5.99. The molecule has 1 rings (SSSR count). The molecule has 1 aliphatic heterocycles. The Morgan fingerprint density at radius 2 is 1.90 bits per heavy atom. The van der Waals surface area contributed by atoms with Crippen molar-refractivity contribution in [1.82, 2.24) is 15.5 Å². The molecular weight excluding hydrogens is 266 g/mol. The second kappa shape index (κ2) is 9.77. The lowest BCUT2D eigenvalue weighted by molar-refractivity contribution is -0.135. The summed E-state index contributed by atoms with van der Waals surface area (Å²) in [5.41, 5.74) is 0. The van der Waals surface area contributed by atoms with Gasteiger partial charge in [-0.3, -0.25) is 9.59 Å². The van der Waals surface area contributed by atoms with Gasteiger partial charge in [0.05, 0.1) is 6.54 Å². The molecule has 0 aliphatic carbocycles. The van der Waals surface area contributed by atoms with Gasteiger partial charge in [-0.25, -0.2) is 0 Å². The van der Waals surface area contributed by atoms with Crippen LogP contribution in [0.3, 0.4) is 0 Å². The largest absolute Gasteiger partial charge is 0.356 e. The summed E-state index contributed by atoms with van der Waals surface area (Å²) in [6.45, 7) is 8.88. The molecule has 0 aromatic heterocycles. The lowest BCUT2D eigenvalue weighted by Crippen LogP contribution is -2.46. The van der Waals surface area contributed by atoms with Gasteiger partial charge in [0.15, 0.2) is 0 Å². The van der Waals surface area contributed by atoms with E-state index in [9.17, 15) is 9.59 Å². The molecule has 21 heavy (non-hydrogen) atoms. The third-order valence-corrected chi connectivity index (χ3v) is 4.26. The van der Waals surface area contributed by atoms with Crippen LogP contribution in [0.1, 0.15) is 52.9 Å². The van der Waals surface area contributed by atoms with Crippen molar-refractivity contribution in [2.75, 3.05) is 26.2 Å². The van der Waals surface area contributed by atoms with Gasteiger partial charge in [-0.15, -0.1) is 0 Å². The maximum atomic E-state index is 12.1. The molecule has 0 aromatic carbocycles. The third kappa shape index (κ3) is 6.46. The van der Waals surface area contributed by atoms with Gasteiger partial charge in [-0.1, -0.05) is 20.3 Å². The van der Waals surface area contributed by atoms with Gasteiger partial charge in [0, 0.05) is 31.6 Å². The summed E-state index contributed by atoms with van der Waals surface area (Å²) >= 11 is 0. The fourth-order valence-electron chi connectivity index (χ4n) is 2.44. The molecule has 1 saturated heterocycles. The summed E-state index contributed by atoms with van der Waals surface area (Å²) < 4.78 is 0. The Labute approximate surface area is 128 Å². The van der Waals surface area contributed by atoms with Crippen molar-refractivity contribution in [2.45, 2.75) is 58.9 Å². The normalized spacial score (nSPS) is 17.6. The first kappa shape index (κ1) is 18.0. The van der Waals surface area contributed by atoms with Crippen LogP contribution < -0.4 is 10.6 Å². The summed E-state index contributed by atoms with van der Waals surface area (Å²) in [5.74, 6) is 0.391. The fraction of sp³-hybridized carbons (Fsp3) is 0.875. The predicted molar refractivity (Wildman–Crippen MR) is 85.0 cm³/mol. The lowest BCUT2D eigenvalue weighted by atomic mass is 9.96. The Hall–Kier alpha value is -1.10. The van der Waals surface area contributed by atoms with E-state index in [1.54, 1.807) is 0 Å². The SMILES string of the molecule is CCCCNC(=O)C1CCN(C(=O)CNC(C)CC)CC1. The number of hydrogen-bond donors (Lipinski definition) is 2. The molecule has 0 aromatic rings. The Kier molecular flexibility index (Phi) is 8.35. The van der Waals surface area contributed by atoms with Crippen LogP contribution >= 0.6 is 0 Å². The van der Waals surface area contributed by atoms with Crippen LogP contribution in [0.25, 0.3) is 0 Å². The quantitative estimate of drug-likeness (QED) is 0.668. The van der Waals surface area contributed by atoms with E-state index in [0.717, 1.165) is 38.6 Å². The summed E-state index contributed by atoms with van der Waals surface area (Å²) in [6, 6.07) is 0.371. The van der Waals surface area contributed by atoms with E-state index in [0.29, 0.717) is 25.7 Å². The Morgan fingerprint density at radius 3 is 2.48 bits per heavy atom. The number of likely N-dealkylation sites (tertiary alicyclic amines) is 1. The van der Waals surface area contributed by atoms with Crippen molar-refractivity contribution in [3.63, 3.8) is 0 Å². The van der Waals surface area contributed by atoms with Crippen molar-refractivity contribution in [2.24, 2.45) is 5.92 Å². The molecule has 1 aliphatic rings. The molecule has 1 unspecified atom stereocenters. The second-order valence-electron chi connectivity index (χ2n) is 5.99. The minimum Gasteiger partial charge on any atom is -0.356 e. The van der Waals surface area contributed by atoms with Crippen LogP contribution in [0.15, 0.2) is 0 Å². The Bertz CT molecular complexity index is 325. The number of nitrogens with zero attached hydrogens (tertiary/aromatic N) is 1. The Balaban J connectivity index is 2.24.